The first-order valence-electron chi connectivity index (χ1n) is 7.96. The molecule has 0 radical (unpaired) electrons. The van der Waals surface area contributed by atoms with Crippen LogP contribution in [0.4, 0.5) is 5.82 Å². The molecule has 108 valence electrons. The summed E-state index contributed by atoms with van der Waals surface area (Å²) in [7, 11) is 0. The highest BCUT2D eigenvalue weighted by atomic mass is 35.5. The van der Waals surface area contributed by atoms with Gasteiger partial charge in [0.15, 0.2) is 0 Å². The van der Waals surface area contributed by atoms with E-state index in [0.717, 1.165) is 35.8 Å². The second-order valence-corrected chi connectivity index (χ2v) is 7.56. The molecule has 4 heteroatoms. The molecule has 0 unspecified atom stereocenters. The van der Waals surface area contributed by atoms with Gasteiger partial charge >= 0.3 is 0 Å². The quantitative estimate of drug-likeness (QED) is 0.853. The Morgan fingerprint density at radius 2 is 1.75 bits per heavy atom. The zero-order chi connectivity index (χ0) is 13.7. The molecule has 20 heavy (non-hydrogen) atoms. The zero-order valence-electron chi connectivity index (χ0n) is 12.0. The van der Waals surface area contributed by atoms with E-state index in [1.54, 1.807) is 0 Å². The lowest BCUT2D eigenvalue weighted by Gasteiger charge is -2.57. The van der Waals surface area contributed by atoms with Crippen LogP contribution in [-0.4, -0.2) is 15.5 Å². The molecule has 5 rings (SSSR count). The molecule has 0 aliphatic heterocycles. The van der Waals surface area contributed by atoms with Gasteiger partial charge < -0.3 is 5.32 Å². The van der Waals surface area contributed by atoms with Gasteiger partial charge in [-0.1, -0.05) is 18.5 Å². The van der Waals surface area contributed by atoms with Crippen molar-refractivity contribution in [3.63, 3.8) is 0 Å². The Morgan fingerprint density at radius 3 is 2.30 bits per heavy atom. The van der Waals surface area contributed by atoms with Crippen molar-refractivity contribution in [1.29, 1.82) is 0 Å². The van der Waals surface area contributed by atoms with Crippen LogP contribution in [0.25, 0.3) is 0 Å². The lowest BCUT2D eigenvalue weighted by Crippen LogP contribution is -2.54. The van der Waals surface area contributed by atoms with E-state index >= 15 is 0 Å². The maximum atomic E-state index is 6.12. The van der Waals surface area contributed by atoms with E-state index in [4.69, 9.17) is 11.6 Å². The molecule has 0 saturated heterocycles. The number of nitrogens with one attached hydrogen (secondary N) is 1. The van der Waals surface area contributed by atoms with Crippen LogP contribution in [0.5, 0.6) is 0 Å². The summed E-state index contributed by atoms with van der Waals surface area (Å²) in [6.45, 7) is 2.07. The predicted octanol–water partition coefficient (Wildman–Crippen LogP) is 4.07. The third-order valence-electron chi connectivity index (χ3n) is 5.49. The summed E-state index contributed by atoms with van der Waals surface area (Å²) in [4.78, 5) is 8.88. The van der Waals surface area contributed by atoms with Gasteiger partial charge in [-0.05, 0) is 56.3 Å². The van der Waals surface area contributed by atoms with Gasteiger partial charge in [0.05, 0.1) is 0 Å². The van der Waals surface area contributed by atoms with E-state index in [1.807, 2.05) is 6.07 Å². The Kier molecular flexibility index (Phi) is 2.95. The fourth-order valence-corrected chi connectivity index (χ4v) is 5.42. The zero-order valence-corrected chi connectivity index (χ0v) is 12.8. The first-order chi connectivity index (χ1) is 9.64. The van der Waals surface area contributed by atoms with Gasteiger partial charge in [0.2, 0.25) is 0 Å². The molecule has 1 aromatic heterocycles. The summed E-state index contributed by atoms with van der Waals surface area (Å²) in [6, 6.07) is 1.89. The van der Waals surface area contributed by atoms with E-state index < -0.39 is 0 Å². The minimum absolute atomic E-state index is 0.289. The fourth-order valence-electron chi connectivity index (χ4n) is 5.22. The number of rotatable bonds is 3. The van der Waals surface area contributed by atoms with E-state index in [-0.39, 0.29) is 5.54 Å². The highest BCUT2D eigenvalue weighted by Gasteiger charge is 2.51. The third kappa shape index (κ3) is 2.20. The number of aromatic nitrogens is 2. The Balaban J connectivity index is 1.61. The largest absolute Gasteiger partial charge is 0.364 e. The first kappa shape index (κ1) is 12.9. The topological polar surface area (TPSA) is 37.8 Å². The molecule has 0 spiro atoms. The molecule has 4 bridgehead atoms. The molecule has 4 aliphatic rings. The molecule has 4 aliphatic carbocycles. The molecule has 0 aromatic carbocycles. The maximum Gasteiger partial charge on any atom is 0.134 e. The van der Waals surface area contributed by atoms with Crippen molar-refractivity contribution in [3.05, 3.63) is 17.0 Å². The molecule has 1 heterocycles. The van der Waals surface area contributed by atoms with Crippen molar-refractivity contribution in [1.82, 2.24) is 9.97 Å². The maximum absolute atomic E-state index is 6.12. The van der Waals surface area contributed by atoms with Gasteiger partial charge in [0.1, 0.15) is 16.8 Å². The summed E-state index contributed by atoms with van der Waals surface area (Å²) in [5, 5.41) is 4.33. The predicted molar refractivity (Wildman–Crippen MR) is 80.9 cm³/mol. The first-order valence-corrected chi connectivity index (χ1v) is 8.33. The molecule has 0 atom stereocenters. The van der Waals surface area contributed by atoms with Crippen molar-refractivity contribution in [2.45, 2.75) is 57.4 Å². The molecule has 0 amide bonds. The van der Waals surface area contributed by atoms with Crippen LogP contribution in [0.1, 0.15) is 51.3 Å². The lowest BCUT2D eigenvalue weighted by atomic mass is 9.53. The number of aryl methyl sites for hydroxylation is 1. The monoisotopic (exact) mass is 291 g/mol. The molecule has 1 aromatic rings. The summed E-state index contributed by atoms with van der Waals surface area (Å²) in [5.74, 6) is 4.60. The lowest BCUT2D eigenvalue weighted by molar-refractivity contribution is 0.0105. The van der Waals surface area contributed by atoms with Crippen molar-refractivity contribution < 1.29 is 0 Å². The average Bonchev–Trinajstić information content (AvgIpc) is 2.35. The molecular formula is C16H22ClN3. The van der Waals surface area contributed by atoms with Crippen molar-refractivity contribution in [2.75, 3.05) is 5.32 Å². The normalized spacial score (nSPS) is 38.2. The fraction of sp³-hybridized carbons (Fsp3) is 0.750. The van der Waals surface area contributed by atoms with Gasteiger partial charge in [0, 0.05) is 18.0 Å². The average molecular weight is 292 g/mol. The van der Waals surface area contributed by atoms with Crippen molar-refractivity contribution in [3.8, 4) is 0 Å². The van der Waals surface area contributed by atoms with E-state index in [1.165, 1.54) is 38.5 Å². The minimum atomic E-state index is 0.289. The van der Waals surface area contributed by atoms with Crippen LogP contribution >= 0.6 is 11.6 Å². The van der Waals surface area contributed by atoms with E-state index in [9.17, 15) is 0 Å². The van der Waals surface area contributed by atoms with Crippen LogP contribution in [0.3, 0.4) is 0 Å². The number of hydrogen-bond donors (Lipinski definition) is 1. The van der Waals surface area contributed by atoms with Crippen molar-refractivity contribution in [2.24, 2.45) is 17.8 Å². The Bertz CT molecular complexity index is 493. The Hall–Kier alpha value is -0.830. The second-order valence-electron chi connectivity index (χ2n) is 7.17. The molecule has 1 N–H and O–H groups in total. The third-order valence-corrected chi connectivity index (χ3v) is 5.68. The Labute approximate surface area is 125 Å². The van der Waals surface area contributed by atoms with Gasteiger partial charge in [-0.3, -0.25) is 0 Å². The smallest absolute Gasteiger partial charge is 0.134 e. The molecule has 3 nitrogen and oxygen atoms in total. The van der Waals surface area contributed by atoms with Crippen LogP contribution in [0, 0.1) is 17.8 Å². The van der Waals surface area contributed by atoms with Crippen LogP contribution in [0.15, 0.2) is 6.07 Å². The van der Waals surface area contributed by atoms with Crippen LogP contribution in [0.2, 0.25) is 5.15 Å². The summed E-state index contributed by atoms with van der Waals surface area (Å²) >= 11 is 6.12. The standard InChI is InChI=1S/C16H22ClN3/c1-2-14-18-13(17)6-15(19-14)20-16-7-10-3-11(8-16)5-12(4-10)9-16/h6,10-12H,2-5,7-9H2,1H3,(H,18,19,20). The van der Waals surface area contributed by atoms with Gasteiger partial charge in [-0.2, -0.15) is 0 Å². The van der Waals surface area contributed by atoms with Crippen molar-refractivity contribution >= 4 is 17.4 Å². The second kappa shape index (κ2) is 4.59. The van der Waals surface area contributed by atoms with E-state index in [0.29, 0.717) is 5.15 Å². The van der Waals surface area contributed by atoms with E-state index in [2.05, 4.69) is 22.2 Å². The summed E-state index contributed by atoms with van der Waals surface area (Å²) in [5.41, 5.74) is 0.289. The highest BCUT2D eigenvalue weighted by Crippen LogP contribution is 2.56. The number of hydrogen-bond acceptors (Lipinski definition) is 3. The Morgan fingerprint density at radius 1 is 1.15 bits per heavy atom. The molecule has 4 saturated carbocycles. The van der Waals surface area contributed by atoms with Gasteiger partial charge in [-0.25, -0.2) is 9.97 Å². The van der Waals surface area contributed by atoms with Crippen LogP contribution < -0.4 is 5.32 Å². The number of anilines is 1. The van der Waals surface area contributed by atoms with Gasteiger partial charge in [-0.15, -0.1) is 0 Å². The van der Waals surface area contributed by atoms with Crippen LogP contribution in [-0.2, 0) is 6.42 Å². The summed E-state index contributed by atoms with van der Waals surface area (Å²) in [6.07, 6.45) is 9.19. The highest BCUT2D eigenvalue weighted by molar-refractivity contribution is 6.29. The number of halogens is 1. The minimum Gasteiger partial charge on any atom is -0.364 e. The summed E-state index contributed by atoms with van der Waals surface area (Å²) < 4.78 is 0. The number of nitrogens with zero attached hydrogens (tertiary/aromatic N) is 2. The molecule has 4 fully saturated rings. The SMILES string of the molecule is CCc1nc(Cl)cc(NC23CC4CC(CC(C4)C2)C3)n1. The van der Waals surface area contributed by atoms with Gasteiger partial charge in [0.25, 0.3) is 0 Å². The molecular weight excluding hydrogens is 270 g/mol.